The zero-order chi connectivity index (χ0) is 13.8. The molecule has 0 saturated heterocycles. The van der Waals surface area contributed by atoms with Gasteiger partial charge in [-0.05, 0) is 36.6 Å². The molecule has 0 heterocycles. The molecule has 18 heavy (non-hydrogen) atoms. The molecule has 1 aromatic carbocycles. The summed E-state index contributed by atoms with van der Waals surface area (Å²) in [5.74, 6) is 0.893. The molecular formula is C14H23BrN2O. The third-order valence-corrected chi connectivity index (χ3v) is 3.53. The molecule has 0 aliphatic heterocycles. The van der Waals surface area contributed by atoms with Crippen molar-refractivity contribution in [3.05, 3.63) is 22.7 Å². The topological polar surface area (TPSA) is 38.5 Å². The highest BCUT2D eigenvalue weighted by Crippen LogP contribution is 2.33. The van der Waals surface area contributed by atoms with Gasteiger partial charge in [0.15, 0.2) is 0 Å². The van der Waals surface area contributed by atoms with Crippen LogP contribution in [0.4, 0.5) is 5.69 Å². The SMILES string of the molecule is COc1ccc(Br)cc1N(C)CC(C)(C)CCN. The first-order valence-electron chi connectivity index (χ1n) is 6.14. The van der Waals surface area contributed by atoms with Gasteiger partial charge in [0.25, 0.3) is 0 Å². The second kappa shape index (κ2) is 6.43. The molecule has 1 aromatic rings. The van der Waals surface area contributed by atoms with Gasteiger partial charge in [-0.25, -0.2) is 0 Å². The van der Waals surface area contributed by atoms with E-state index in [-0.39, 0.29) is 5.41 Å². The normalized spacial score (nSPS) is 11.4. The van der Waals surface area contributed by atoms with Gasteiger partial charge in [-0.2, -0.15) is 0 Å². The van der Waals surface area contributed by atoms with Crippen LogP contribution in [0.1, 0.15) is 20.3 Å². The minimum Gasteiger partial charge on any atom is -0.495 e. The zero-order valence-corrected chi connectivity index (χ0v) is 13.3. The summed E-state index contributed by atoms with van der Waals surface area (Å²) in [6.45, 7) is 6.13. The molecule has 0 aromatic heterocycles. The predicted molar refractivity (Wildman–Crippen MR) is 81.4 cm³/mol. The van der Waals surface area contributed by atoms with Crippen molar-refractivity contribution in [2.45, 2.75) is 20.3 Å². The molecule has 3 nitrogen and oxygen atoms in total. The van der Waals surface area contributed by atoms with Crippen LogP contribution >= 0.6 is 15.9 Å². The largest absolute Gasteiger partial charge is 0.495 e. The minimum absolute atomic E-state index is 0.191. The number of hydrogen-bond donors (Lipinski definition) is 1. The average Bonchev–Trinajstić information content (AvgIpc) is 2.28. The van der Waals surface area contributed by atoms with E-state index in [0.717, 1.165) is 35.4 Å². The summed E-state index contributed by atoms with van der Waals surface area (Å²) < 4.78 is 6.47. The number of hydrogen-bond acceptors (Lipinski definition) is 3. The second-order valence-electron chi connectivity index (χ2n) is 5.38. The Labute approximate surface area is 118 Å². The molecule has 1 rings (SSSR count). The highest BCUT2D eigenvalue weighted by molar-refractivity contribution is 9.10. The molecular weight excluding hydrogens is 292 g/mol. The Kier molecular flexibility index (Phi) is 5.47. The van der Waals surface area contributed by atoms with Crippen molar-refractivity contribution in [3.8, 4) is 5.75 Å². The van der Waals surface area contributed by atoms with E-state index in [1.165, 1.54) is 0 Å². The van der Waals surface area contributed by atoms with Gasteiger partial charge >= 0.3 is 0 Å². The number of benzene rings is 1. The summed E-state index contributed by atoms with van der Waals surface area (Å²) in [6.07, 6.45) is 1.01. The first-order valence-corrected chi connectivity index (χ1v) is 6.93. The van der Waals surface area contributed by atoms with E-state index in [0.29, 0.717) is 0 Å². The van der Waals surface area contributed by atoms with Gasteiger partial charge in [-0.15, -0.1) is 0 Å². The lowest BCUT2D eigenvalue weighted by molar-refractivity contribution is 0.345. The molecule has 0 aliphatic rings. The number of methoxy groups -OCH3 is 1. The second-order valence-corrected chi connectivity index (χ2v) is 6.29. The maximum Gasteiger partial charge on any atom is 0.142 e. The highest BCUT2D eigenvalue weighted by Gasteiger charge is 2.21. The third-order valence-electron chi connectivity index (χ3n) is 3.04. The molecule has 0 aliphatic carbocycles. The van der Waals surface area contributed by atoms with Crippen molar-refractivity contribution in [1.82, 2.24) is 0 Å². The van der Waals surface area contributed by atoms with Crippen molar-refractivity contribution in [2.24, 2.45) is 11.1 Å². The van der Waals surface area contributed by atoms with Crippen LogP contribution in [0.3, 0.4) is 0 Å². The van der Waals surface area contributed by atoms with Gasteiger partial charge in [0.1, 0.15) is 5.75 Å². The predicted octanol–water partition coefficient (Wildman–Crippen LogP) is 3.27. The lowest BCUT2D eigenvalue weighted by Gasteiger charge is -2.32. The van der Waals surface area contributed by atoms with Crippen LogP contribution in [0.25, 0.3) is 0 Å². The summed E-state index contributed by atoms with van der Waals surface area (Å²) in [7, 11) is 3.79. The van der Waals surface area contributed by atoms with Crippen LogP contribution in [-0.2, 0) is 0 Å². The van der Waals surface area contributed by atoms with Crippen molar-refractivity contribution in [2.75, 3.05) is 32.1 Å². The molecule has 0 radical (unpaired) electrons. The van der Waals surface area contributed by atoms with Crippen molar-refractivity contribution in [3.63, 3.8) is 0 Å². The summed E-state index contributed by atoms with van der Waals surface area (Å²) in [5, 5.41) is 0. The van der Waals surface area contributed by atoms with E-state index in [1.807, 2.05) is 12.1 Å². The molecule has 0 unspecified atom stereocenters. The molecule has 0 amide bonds. The van der Waals surface area contributed by atoms with Gasteiger partial charge in [0, 0.05) is 18.1 Å². The first-order chi connectivity index (χ1) is 8.39. The molecule has 2 N–H and O–H groups in total. The van der Waals surface area contributed by atoms with E-state index in [9.17, 15) is 0 Å². The zero-order valence-electron chi connectivity index (χ0n) is 11.7. The summed E-state index contributed by atoms with van der Waals surface area (Å²) in [5.41, 5.74) is 6.94. The number of anilines is 1. The Morgan fingerprint density at radius 3 is 2.61 bits per heavy atom. The summed E-state index contributed by atoms with van der Waals surface area (Å²) >= 11 is 3.50. The van der Waals surface area contributed by atoms with E-state index in [4.69, 9.17) is 10.5 Å². The molecule has 0 bridgehead atoms. The van der Waals surface area contributed by atoms with Crippen LogP contribution in [0.5, 0.6) is 5.75 Å². The highest BCUT2D eigenvalue weighted by atomic mass is 79.9. The third kappa shape index (κ3) is 4.18. The van der Waals surface area contributed by atoms with Crippen molar-refractivity contribution in [1.29, 1.82) is 0 Å². The van der Waals surface area contributed by atoms with E-state index >= 15 is 0 Å². The number of nitrogens with zero attached hydrogens (tertiary/aromatic N) is 1. The molecule has 102 valence electrons. The lowest BCUT2D eigenvalue weighted by Crippen LogP contribution is -2.33. The van der Waals surface area contributed by atoms with Gasteiger partial charge in [-0.1, -0.05) is 29.8 Å². The Bertz CT molecular complexity index is 393. The van der Waals surface area contributed by atoms with Crippen molar-refractivity contribution >= 4 is 21.6 Å². The van der Waals surface area contributed by atoms with Gasteiger partial charge in [-0.3, -0.25) is 0 Å². The first kappa shape index (κ1) is 15.3. The van der Waals surface area contributed by atoms with Crippen LogP contribution in [0.15, 0.2) is 22.7 Å². The van der Waals surface area contributed by atoms with Crippen LogP contribution in [0, 0.1) is 5.41 Å². The summed E-state index contributed by atoms with van der Waals surface area (Å²) in [6, 6.07) is 6.05. The molecule has 0 atom stereocenters. The molecule has 0 saturated carbocycles. The summed E-state index contributed by atoms with van der Waals surface area (Å²) in [4.78, 5) is 2.22. The fraction of sp³-hybridized carbons (Fsp3) is 0.571. The van der Waals surface area contributed by atoms with E-state index in [2.05, 4.69) is 47.8 Å². The maximum atomic E-state index is 5.66. The van der Waals surface area contributed by atoms with Gasteiger partial charge < -0.3 is 15.4 Å². The fourth-order valence-electron chi connectivity index (χ4n) is 2.16. The monoisotopic (exact) mass is 314 g/mol. The molecule has 4 heteroatoms. The van der Waals surface area contributed by atoms with Gasteiger partial charge in [0.2, 0.25) is 0 Å². The van der Waals surface area contributed by atoms with E-state index < -0.39 is 0 Å². The Balaban J connectivity index is 2.89. The van der Waals surface area contributed by atoms with Crippen LogP contribution in [0.2, 0.25) is 0 Å². The van der Waals surface area contributed by atoms with E-state index in [1.54, 1.807) is 7.11 Å². The Morgan fingerprint density at radius 2 is 2.06 bits per heavy atom. The number of halogens is 1. The fourth-order valence-corrected chi connectivity index (χ4v) is 2.51. The Morgan fingerprint density at radius 1 is 1.39 bits per heavy atom. The quantitative estimate of drug-likeness (QED) is 0.875. The van der Waals surface area contributed by atoms with Gasteiger partial charge in [0.05, 0.1) is 12.8 Å². The van der Waals surface area contributed by atoms with Crippen molar-refractivity contribution < 1.29 is 4.74 Å². The number of rotatable bonds is 6. The minimum atomic E-state index is 0.191. The number of ether oxygens (including phenoxy) is 1. The number of nitrogens with two attached hydrogens (primary N) is 1. The van der Waals surface area contributed by atoms with Crippen LogP contribution < -0.4 is 15.4 Å². The maximum absolute atomic E-state index is 5.66. The van der Waals surface area contributed by atoms with Crippen LogP contribution in [-0.4, -0.2) is 27.2 Å². The Hall–Kier alpha value is -0.740. The standard InChI is InChI=1S/C14H23BrN2O/c1-14(2,7-8-16)10-17(3)12-9-11(15)5-6-13(12)18-4/h5-6,9H,7-8,10,16H2,1-4H3. The average molecular weight is 315 g/mol. The lowest BCUT2D eigenvalue weighted by atomic mass is 9.88. The smallest absolute Gasteiger partial charge is 0.142 e. The molecule has 0 fully saturated rings. The molecule has 0 spiro atoms.